The van der Waals surface area contributed by atoms with Crippen molar-refractivity contribution < 1.29 is 17.9 Å². The molecule has 4 nitrogen and oxygen atoms in total. The molecule has 1 aliphatic heterocycles. The summed E-state index contributed by atoms with van der Waals surface area (Å²) in [6.45, 7) is 5.55. The highest BCUT2D eigenvalue weighted by Gasteiger charge is 2.41. The van der Waals surface area contributed by atoms with Crippen LogP contribution in [0.4, 0.5) is 18.9 Å². The Labute approximate surface area is 157 Å². The van der Waals surface area contributed by atoms with Crippen molar-refractivity contribution in [3.63, 3.8) is 0 Å². The Kier molecular flexibility index (Phi) is 7.10. The van der Waals surface area contributed by atoms with Gasteiger partial charge in [0, 0.05) is 5.69 Å². The van der Waals surface area contributed by atoms with Crippen LogP contribution in [0.1, 0.15) is 18.9 Å². The molecule has 1 aliphatic rings. The number of rotatable bonds is 8. The van der Waals surface area contributed by atoms with E-state index < -0.39 is 12.2 Å². The molecule has 0 amide bonds. The van der Waals surface area contributed by atoms with Crippen LogP contribution < -0.4 is 11.1 Å². The van der Waals surface area contributed by atoms with Gasteiger partial charge >= 0.3 is 6.18 Å². The predicted molar refractivity (Wildman–Crippen MR) is 103 cm³/mol. The molecule has 1 aromatic carbocycles. The molecule has 146 valence electrons. The maximum Gasteiger partial charge on any atom is 0.412 e. The van der Waals surface area contributed by atoms with E-state index in [1.165, 1.54) is 24.3 Å². The Bertz CT molecular complexity index is 721. The summed E-state index contributed by atoms with van der Waals surface area (Å²) >= 11 is 0. The maximum absolute atomic E-state index is 13.5. The van der Waals surface area contributed by atoms with Gasteiger partial charge in [-0.15, -0.1) is 0 Å². The number of aryl methyl sites for hydroxylation is 1. The molecule has 7 heteroatoms. The van der Waals surface area contributed by atoms with Gasteiger partial charge in [0.2, 0.25) is 0 Å². The fourth-order valence-electron chi connectivity index (χ4n) is 2.74. The van der Waals surface area contributed by atoms with Gasteiger partial charge in [0.25, 0.3) is 6.02 Å². The Hall–Kier alpha value is -2.70. The molecule has 0 aliphatic carbocycles. The maximum atomic E-state index is 13.5. The third-order valence-electron chi connectivity index (χ3n) is 4.18. The van der Waals surface area contributed by atoms with Crippen molar-refractivity contribution >= 4 is 11.7 Å². The smallest absolute Gasteiger partial charge is 0.412 e. The number of allylic oxidation sites excluding steroid dienone is 3. The van der Waals surface area contributed by atoms with E-state index in [1.54, 1.807) is 19.1 Å². The minimum absolute atomic E-state index is 0.0336. The quantitative estimate of drug-likeness (QED) is 0.660. The molecule has 2 rings (SSSR count). The number of anilines is 1. The average molecular weight is 379 g/mol. The standard InChI is InChI=1S/C20H24F3N3O/c1-3-5-6-15(4-2)18(20(21,22)23)25-16-10-7-14(8-11-16)9-12-17-13-27-19(24)26-17/h3-8,10-11,17-18,25H,1,9,12-13H2,2H3,(H2,24,26). The number of nitrogens with two attached hydrogens (primary N) is 1. The van der Waals surface area contributed by atoms with E-state index in [0.717, 1.165) is 18.4 Å². The highest BCUT2D eigenvalue weighted by Crippen LogP contribution is 2.29. The Balaban J connectivity index is 2.03. The largest absolute Gasteiger partial charge is 0.463 e. The van der Waals surface area contributed by atoms with Crippen LogP contribution in [0, 0.1) is 0 Å². The van der Waals surface area contributed by atoms with Crippen LogP contribution in [0.3, 0.4) is 0 Å². The van der Waals surface area contributed by atoms with Gasteiger partial charge in [-0.3, -0.25) is 0 Å². The van der Waals surface area contributed by atoms with Crippen molar-refractivity contribution in [1.82, 2.24) is 0 Å². The summed E-state index contributed by atoms with van der Waals surface area (Å²) in [6.07, 6.45) is 2.87. The first kappa shape index (κ1) is 20.6. The fourth-order valence-corrected chi connectivity index (χ4v) is 2.74. The number of hydrogen-bond donors (Lipinski definition) is 2. The van der Waals surface area contributed by atoms with Gasteiger partial charge in [-0.05, 0) is 43.0 Å². The Morgan fingerprint density at radius 2 is 2.11 bits per heavy atom. The van der Waals surface area contributed by atoms with Gasteiger partial charge in [-0.25, -0.2) is 4.99 Å². The molecular weight excluding hydrogens is 355 g/mol. The summed E-state index contributed by atoms with van der Waals surface area (Å²) < 4.78 is 45.5. The van der Waals surface area contributed by atoms with Crippen molar-refractivity contribution in [3.05, 3.63) is 66.3 Å². The number of nitrogens with zero attached hydrogens (tertiary/aromatic N) is 1. The molecule has 0 spiro atoms. The first-order valence-electron chi connectivity index (χ1n) is 8.67. The van der Waals surface area contributed by atoms with Gasteiger partial charge < -0.3 is 15.8 Å². The minimum Gasteiger partial charge on any atom is -0.463 e. The lowest BCUT2D eigenvalue weighted by atomic mass is 10.0. The highest BCUT2D eigenvalue weighted by molar-refractivity contribution is 5.73. The molecule has 0 saturated carbocycles. The van der Waals surface area contributed by atoms with Gasteiger partial charge in [0.1, 0.15) is 12.6 Å². The number of aliphatic imine (C=N–C) groups is 1. The number of ether oxygens (including phenoxy) is 1. The van der Waals surface area contributed by atoms with Crippen molar-refractivity contribution in [1.29, 1.82) is 0 Å². The van der Waals surface area contributed by atoms with Crippen molar-refractivity contribution in [2.24, 2.45) is 10.7 Å². The normalized spacial score (nSPS) is 18.9. The lowest BCUT2D eigenvalue weighted by molar-refractivity contribution is -0.134. The topological polar surface area (TPSA) is 59.6 Å². The molecule has 3 N–H and O–H groups in total. The molecule has 0 bridgehead atoms. The highest BCUT2D eigenvalue weighted by atomic mass is 19.4. The van der Waals surface area contributed by atoms with Gasteiger partial charge in [-0.2, -0.15) is 13.2 Å². The second-order valence-corrected chi connectivity index (χ2v) is 6.17. The zero-order valence-electron chi connectivity index (χ0n) is 15.2. The van der Waals surface area contributed by atoms with E-state index in [4.69, 9.17) is 10.5 Å². The molecule has 1 aromatic rings. The molecule has 2 unspecified atom stereocenters. The Morgan fingerprint density at radius 3 is 2.63 bits per heavy atom. The minimum atomic E-state index is -4.42. The van der Waals surface area contributed by atoms with Gasteiger partial charge in [0.05, 0.1) is 6.04 Å². The average Bonchev–Trinajstić information content (AvgIpc) is 3.05. The summed E-state index contributed by atoms with van der Waals surface area (Å²) in [4.78, 5) is 4.16. The zero-order chi connectivity index (χ0) is 19.9. The van der Waals surface area contributed by atoms with Crippen molar-refractivity contribution in [3.8, 4) is 0 Å². The number of hydrogen-bond acceptors (Lipinski definition) is 4. The van der Waals surface area contributed by atoms with Crippen LogP contribution in [-0.2, 0) is 11.2 Å². The molecule has 0 saturated heterocycles. The molecular formula is C20H24F3N3O. The van der Waals surface area contributed by atoms with E-state index in [1.807, 2.05) is 12.1 Å². The molecule has 0 radical (unpaired) electrons. The second-order valence-electron chi connectivity index (χ2n) is 6.17. The lowest BCUT2D eigenvalue weighted by Crippen LogP contribution is -2.37. The van der Waals surface area contributed by atoms with Crippen LogP contribution in [0.5, 0.6) is 0 Å². The number of benzene rings is 1. The zero-order valence-corrected chi connectivity index (χ0v) is 15.2. The van der Waals surface area contributed by atoms with E-state index in [2.05, 4.69) is 16.9 Å². The molecule has 1 heterocycles. The summed E-state index contributed by atoms with van der Waals surface area (Å²) in [5.41, 5.74) is 7.02. The third kappa shape index (κ3) is 6.20. The van der Waals surface area contributed by atoms with Crippen LogP contribution in [-0.4, -0.2) is 30.9 Å². The SMILES string of the molecule is C=CC=CC(=CC)C(Nc1ccc(CCC2COC(N)=N2)cc1)C(F)(F)F. The first-order valence-corrected chi connectivity index (χ1v) is 8.67. The van der Waals surface area contributed by atoms with E-state index in [9.17, 15) is 13.2 Å². The molecule has 0 aromatic heterocycles. The summed E-state index contributed by atoms with van der Waals surface area (Å²) in [7, 11) is 0. The molecule has 2 atom stereocenters. The van der Waals surface area contributed by atoms with Crippen LogP contribution in [0.15, 0.2) is 65.7 Å². The van der Waals surface area contributed by atoms with Crippen LogP contribution in [0.2, 0.25) is 0 Å². The van der Waals surface area contributed by atoms with E-state index in [0.29, 0.717) is 12.3 Å². The fraction of sp³-hybridized carbons (Fsp3) is 0.350. The first-order chi connectivity index (χ1) is 12.8. The molecule has 0 fully saturated rings. The molecule has 27 heavy (non-hydrogen) atoms. The number of nitrogens with one attached hydrogen (secondary N) is 1. The number of alkyl halides is 3. The number of halogens is 3. The summed E-state index contributed by atoms with van der Waals surface area (Å²) in [5, 5.41) is 2.57. The summed E-state index contributed by atoms with van der Waals surface area (Å²) in [6, 6.07) is 5.39. The second kappa shape index (κ2) is 9.30. The van der Waals surface area contributed by atoms with Crippen molar-refractivity contribution in [2.75, 3.05) is 11.9 Å². The van der Waals surface area contributed by atoms with Gasteiger partial charge in [-0.1, -0.05) is 43.0 Å². The van der Waals surface area contributed by atoms with Crippen LogP contribution in [0.25, 0.3) is 0 Å². The Morgan fingerprint density at radius 1 is 1.41 bits per heavy atom. The van der Waals surface area contributed by atoms with Crippen LogP contribution >= 0.6 is 0 Å². The lowest BCUT2D eigenvalue weighted by Gasteiger charge is -2.24. The monoisotopic (exact) mass is 379 g/mol. The number of amidine groups is 1. The van der Waals surface area contributed by atoms with Gasteiger partial charge in [0.15, 0.2) is 0 Å². The third-order valence-corrected chi connectivity index (χ3v) is 4.18. The predicted octanol–water partition coefficient (Wildman–Crippen LogP) is 4.36. The van der Waals surface area contributed by atoms with E-state index in [-0.39, 0.29) is 17.6 Å². The van der Waals surface area contributed by atoms with Crippen molar-refractivity contribution in [2.45, 2.75) is 38.0 Å². The summed E-state index contributed by atoms with van der Waals surface area (Å²) in [5.74, 6) is 0. The van der Waals surface area contributed by atoms with E-state index >= 15 is 0 Å².